The number of aliphatic hydroxyl groups excluding tert-OH is 2. The summed E-state index contributed by atoms with van der Waals surface area (Å²) >= 11 is 0. The molecule has 0 amide bonds. The standard InChI is InChI=1S/C25H30O9/c1-12(5-7-26)23(29)32-11-16(6-8-27)25(31)33-19-9-13(2)17-10-18(28)14(3)20(17)22-21(19)15(4)24(30)34-22/h5-6,14,17,19-22,26-27H,2,4,7-11H2,1,3H3/t14-,17+,19-,20+,21?,22-/m1/s1. The summed E-state index contributed by atoms with van der Waals surface area (Å²) in [6, 6.07) is 0. The van der Waals surface area contributed by atoms with Crippen LogP contribution >= 0.6 is 0 Å². The summed E-state index contributed by atoms with van der Waals surface area (Å²) in [6.45, 7) is 9.95. The van der Waals surface area contributed by atoms with Crippen LogP contribution in [0.1, 0.15) is 26.7 Å². The van der Waals surface area contributed by atoms with E-state index in [9.17, 15) is 24.3 Å². The Morgan fingerprint density at radius 2 is 1.79 bits per heavy atom. The Morgan fingerprint density at radius 1 is 1.12 bits per heavy atom. The van der Waals surface area contributed by atoms with E-state index in [-0.39, 0.29) is 53.3 Å². The van der Waals surface area contributed by atoms with Gasteiger partial charge in [-0.25, -0.2) is 14.4 Å². The van der Waals surface area contributed by atoms with Crippen molar-refractivity contribution in [1.82, 2.24) is 0 Å². The van der Waals surface area contributed by atoms with Crippen LogP contribution in [0.25, 0.3) is 0 Å². The Balaban J connectivity index is 1.81. The van der Waals surface area contributed by atoms with Gasteiger partial charge in [0.2, 0.25) is 0 Å². The average Bonchev–Trinajstić information content (AvgIpc) is 3.21. The van der Waals surface area contributed by atoms with Crippen molar-refractivity contribution in [3.05, 3.63) is 47.6 Å². The second-order valence-corrected chi connectivity index (χ2v) is 8.93. The number of hydrogen-bond donors (Lipinski definition) is 2. The van der Waals surface area contributed by atoms with E-state index in [1.807, 2.05) is 6.92 Å². The van der Waals surface area contributed by atoms with Crippen molar-refractivity contribution in [3.63, 3.8) is 0 Å². The molecule has 0 spiro atoms. The van der Waals surface area contributed by atoms with Crippen molar-refractivity contribution >= 4 is 23.7 Å². The van der Waals surface area contributed by atoms with E-state index in [1.165, 1.54) is 19.1 Å². The quantitative estimate of drug-likeness (QED) is 0.241. The van der Waals surface area contributed by atoms with Crippen LogP contribution in [0.15, 0.2) is 47.6 Å². The van der Waals surface area contributed by atoms with Crippen molar-refractivity contribution in [2.45, 2.75) is 38.9 Å². The number of carbonyl (C=O) groups is 4. The van der Waals surface area contributed by atoms with Crippen LogP contribution in [-0.4, -0.2) is 65.9 Å². The van der Waals surface area contributed by atoms with E-state index in [2.05, 4.69) is 13.2 Å². The Morgan fingerprint density at radius 3 is 2.44 bits per heavy atom. The molecule has 3 rings (SSSR count). The second-order valence-electron chi connectivity index (χ2n) is 8.93. The molecule has 3 fully saturated rings. The molecule has 1 heterocycles. The minimum Gasteiger partial charge on any atom is -0.458 e. The molecule has 0 aromatic rings. The molecule has 2 N–H and O–H groups in total. The summed E-state index contributed by atoms with van der Waals surface area (Å²) in [5.41, 5.74) is 0.989. The lowest BCUT2D eigenvalue weighted by Gasteiger charge is -2.29. The minimum atomic E-state index is -0.828. The maximum atomic E-state index is 13.0. The summed E-state index contributed by atoms with van der Waals surface area (Å²) in [7, 11) is 0. The SMILES string of the molecule is C=C1C(=O)O[C@H]2C1[C@H](OC(=O)C(=CCO)COC(=O)C(C)=CCO)CC(=C)[C@@H]1CC(=O)[C@@H](C)[C@@H]12. The van der Waals surface area contributed by atoms with Gasteiger partial charge in [0.15, 0.2) is 0 Å². The van der Waals surface area contributed by atoms with Crippen LogP contribution in [0.3, 0.4) is 0 Å². The number of carbonyl (C=O) groups excluding carboxylic acids is 4. The zero-order valence-electron chi connectivity index (χ0n) is 19.3. The molecular formula is C25H30O9. The van der Waals surface area contributed by atoms with Gasteiger partial charge in [0.1, 0.15) is 24.6 Å². The van der Waals surface area contributed by atoms with E-state index in [4.69, 9.17) is 19.3 Å². The van der Waals surface area contributed by atoms with Gasteiger partial charge >= 0.3 is 17.9 Å². The summed E-state index contributed by atoms with van der Waals surface area (Å²) in [5.74, 6) is -3.50. The molecule has 0 radical (unpaired) electrons. The Bertz CT molecular complexity index is 973. The van der Waals surface area contributed by atoms with E-state index in [0.717, 1.165) is 5.57 Å². The van der Waals surface area contributed by atoms with Gasteiger partial charge in [-0.05, 0) is 25.0 Å². The number of fused-ring (bicyclic) bond motifs is 3. The van der Waals surface area contributed by atoms with Crippen LogP contribution in [0.4, 0.5) is 0 Å². The van der Waals surface area contributed by atoms with Gasteiger partial charge in [0.05, 0.1) is 24.7 Å². The number of aliphatic hydroxyl groups is 2. The number of rotatable bonds is 7. The Hall–Kier alpha value is -3.04. The van der Waals surface area contributed by atoms with Gasteiger partial charge < -0.3 is 24.4 Å². The molecule has 6 atom stereocenters. The van der Waals surface area contributed by atoms with Gasteiger partial charge in [-0.3, -0.25) is 4.79 Å². The van der Waals surface area contributed by atoms with Crippen LogP contribution in [-0.2, 0) is 33.4 Å². The van der Waals surface area contributed by atoms with Gasteiger partial charge in [0, 0.05) is 35.8 Å². The molecule has 1 aliphatic heterocycles. The molecule has 1 saturated heterocycles. The fourth-order valence-corrected chi connectivity index (χ4v) is 5.05. The molecule has 9 heteroatoms. The number of ketones is 1. The molecule has 184 valence electrons. The van der Waals surface area contributed by atoms with Crippen molar-refractivity contribution in [2.24, 2.45) is 23.7 Å². The first-order valence-corrected chi connectivity index (χ1v) is 11.2. The fourth-order valence-electron chi connectivity index (χ4n) is 5.05. The molecule has 9 nitrogen and oxygen atoms in total. The molecule has 0 aromatic heterocycles. The lowest BCUT2D eigenvalue weighted by Crippen LogP contribution is -2.38. The molecule has 1 unspecified atom stereocenters. The largest absolute Gasteiger partial charge is 0.458 e. The highest BCUT2D eigenvalue weighted by atomic mass is 16.6. The second kappa shape index (κ2) is 10.5. The van der Waals surface area contributed by atoms with Crippen LogP contribution in [0.5, 0.6) is 0 Å². The first-order chi connectivity index (χ1) is 16.1. The highest BCUT2D eigenvalue weighted by molar-refractivity contribution is 5.93. The van der Waals surface area contributed by atoms with Crippen LogP contribution in [0.2, 0.25) is 0 Å². The monoisotopic (exact) mass is 474 g/mol. The highest BCUT2D eigenvalue weighted by Crippen LogP contribution is 2.52. The molecule has 2 saturated carbocycles. The van der Waals surface area contributed by atoms with E-state index in [0.29, 0.717) is 6.42 Å². The highest BCUT2D eigenvalue weighted by Gasteiger charge is 2.57. The number of hydrogen-bond acceptors (Lipinski definition) is 9. The first kappa shape index (κ1) is 25.6. The van der Waals surface area contributed by atoms with Crippen LogP contribution < -0.4 is 0 Å². The number of Topliss-reactive ketones (excluding diaryl/α,β-unsaturated/α-hetero) is 1. The van der Waals surface area contributed by atoms with Crippen molar-refractivity contribution < 1.29 is 43.6 Å². The summed E-state index contributed by atoms with van der Waals surface area (Å²) in [4.78, 5) is 49.8. The third-order valence-electron chi connectivity index (χ3n) is 6.94. The Labute approximate surface area is 197 Å². The molecule has 34 heavy (non-hydrogen) atoms. The minimum absolute atomic E-state index is 0.0828. The maximum Gasteiger partial charge on any atom is 0.337 e. The average molecular weight is 475 g/mol. The van der Waals surface area contributed by atoms with E-state index < -0.39 is 49.2 Å². The topological polar surface area (TPSA) is 136 Å². The summed E-state index contributed by atoms with van der Waals surface area (Å²) < 4.78 is 16.5. The lowest BCUT2D eigenvalue weighted by molar-refractivity contribution is -0.150. The third-order valence-corrected chi connectivity index (χ3v) is 6.94. The molecular weight excluding hydrogens is 444 g/mol. The maximum absolute atomic E-state index is 13.0. The molecule has 2 aliphatic carbocycles. The van der Waals surface area contributed by atoms with Gasteiger partial charge in [-0.1, -0.05) is 25.7 Å². The predicted octanol–water partition coefficient (Wildman–Crippen LogP) is 1.20. The Kier molecular flexibility index (Phi) is 7.89. The summed E-state index contributed by atoms with van der Waals surface area (Å²) in [5, 5.41) is 18.2. The van der Waals surface area contributed by atoms with Gasteiger partial charge in [0.25, 0.3) is 0 Å². The lowest BCUT2D eigenvalue weighted by atomic mass is 9.79. The summed E-state index contributed by atoms with van der Waals surface area (Å²) in [6.07, 6.45) is 1.45. The third kappa shape index (κ3) is 4.90. The van der Waals surface area contributed by atoms with Crippen molar-refractivity contribution in [3.8, 4) is 0 Å². The molecule has 0 aromatic carbocycles. The zero-order valence-corrected chi connectivity index (χ0v) is 19.3. The number of ether oxygens (including phenoxy) is 3. The predicted molar refractivity (Wildman–Crippen MR) is 119 cm³/mol. The van der Waals surface area contributed by atoms with Crippen molar-refractivity contribution in [2.75, 3.05) is 19.8 Å². The van der Waals surface area contributed by atoms with E-state index >= 15 is 0 Å². The fraction of sp³-hybridized carbons (Fsp3) is 0.520. The van der Waals surface area contributed by atoms with E-state index in [1.54, 1.807) is 0 Å². The zero-order chi connectivity index (χ0) is 25.2. The number of esters is 3. The van der Waals surface area contributed by atoms with Gasteiger partial charge in [-0.15, -0.1) is 0 Å². The molecule has 3 aliphatic rings. The molecule has 0 bridgehead atoms. The normalized spacial score (nSPS) is 31.5. The van der Waals surface area contributed by atoms with Crippen molar-refractivity contribution in [1.29, 1.82) is 0 Å². The smallest absolute Gasteiger partial charge is 0.337 e. The first-order valence-electron chi connectivity index (χ1n) is 11.2. The van der Waals surface area contributed by atoms with Crippen LogP contribution in [0, 0.1) is 23.7 Å². The van der Waals surface area contributed by atoms with Gasteiger partial charge in [-0.2, -0.15) is 0 Å².